The summed E-state index contributed by atoms with van der Waals surface area (Å²) in [6.45, 7) is 4.09. The Morgan fingerprint density at radius 1 is 1.16 bits per heavy atom. The third kappa shape index (κ3) is 7.13. The predicted octanol–water partition coefficient (Wildman–Crippen LogP) is 3.01. The number of benzene rings is 1. The first kappa shape index (κ1) is 19.2. The monoisotopic (exact) mass is 349 g/mol. The molecule has 1 fully saturated rings. The number of hydrogen-bond acceptors (Lipinski definition) is 5. The van der Waals surface area contributed by atoms with Crippen molar-refractivity contribution in [2.24, 2.45) is 5.92 Å². The first-order chi connectivity index (χ1) is 12.2. The van der Waals surface area contributed by atoms with E-state index in [-0.39, 0.29) is 31.2 Å². The van der Waals surface area contributed by atoms with Gasteiger partial charge in [0.05, 0.1) is 13.2 Å². The third-order valence-electron chi connectivity index (χ3n) is 4.11. The Bertz CT molecular complexity index is 534. The average Bonchev–Trinajstić information content (AvgIpc) is 2.87. The molecule has 0 radical (unpaired) electrons. The molecule has 1 aliphatic heterocycles. The molecular weight excluding hydrogens is 322 g/mol. The van der Waals surface area contributed by atoms with Gasteiger partial charge in [0.1, 0.15) is 13.2 Å². The van der Waals surface area contributed by atoms with Crippen LogP contribution in [0.2, 0.25) is 0 Å². The molecule has 1 amide bonds. The standard InChI is InChI=1S/C19H27NO5/c1-2-24-18(21)15-23-13-17-10-6-7-11-20(12-17)19(22)25-14-16-8-4-3-5-9-16/h3-5,8-9,17H,2,6-7,10-15H2,1H3. The fourth-order valence-corrected chi connectivity index (χ4v) is 2.85. The van der Waals surface area contributed by atoms with E-state index in [2.05, 4.69) is 0 Å². The third-order valence-corrected chi connectivity index (χ3v) is 4.11. The van der Waals surface area contributed by atoms with Crippen LogP contribution in [0.25, 0.3) is 0 Å². The van der Waals surface area contributed by atoms with Gasteiger partial charge < -0.3 is 19.1 Å². The van der Waals surface area contributed by atoms with Gasteiger partial charge in [0.25, 0.3) is 0 Å². The Morgan fingerprint density at radius 2 is 1.96 bits per heavy atom. The van der Waals surface area contributed by atoms with Crippen molar-refractivity contribution in [2.45, 2.75) is 32.8 Å². The van der Waals surface area contributed by atoms with Gasteiger partial charge in [0.2, 0.25) is 0 Å². The summed E-state index contributed by atoms with van der Waals surface area (Å²) in [6, 6.07) is 9.64. The summed E-state index contributed by atoms with van der Waals surface area (Å²) in [4.78, 5) is 25.4. The summed E-state index contributed by atoms with van der Waals surface area (Å²) < 4.78 is 15.7. The summed E-state index contributed by atoms with van der Waals surface area (Å²) in [5.74, 6) is -0.142. The maximum absolute atomic E-state index is 12.3. The second kappa shape index (κ2) is 10.7. The molecule has 1 unspecified atom stereocenters. The Morgan fingerprint density at radius 3 is 2.72 bits per heavy atom. The number of esters is 1. The molecule has 25 heavy (non-hydrogen) atoms. The lowest BCUT2D eigenvalue weighted by Crippen LogP contribution is -2.36. The zero-order valence-corrected chi connectivity index (χ0v) is 14.8. The molecule has 0 N–H and O–H groups in total. The van der Waals surface area contributed by atoms with Crippen molar-refractivity contribution in [3.63, 3.8) is 0 Å². The van der Waals surface area contributed by atoms with E-state index in [1.165, 1.54) is 0 Å². The number of likely N-dealkylation sites (tertiary alicyclic amines) is 1. The fourth-order valence-electron chi connectivity index (χ4n) is 2.85. The van der Waals surface area contributed by atoms with Gasteiger partial charge in [-0.05, 0) is 25.3 Å². The van der Waals surface area contributed by atoms with Crippen LogP contribution in [0.5, 0.6) is 0 Å². The first-order valence-corrected chi connectivity index (χ1v) is 8.88. The van der Waals surface area contributed by atoms with Crippen molar-refractivity contribution in [1.82, 2.24) is 4.90 Å². The smallest absolute Gasteiger partial charge is 0.410 e. The van der Waals surface area contributed by atoms with Crippen LogP contribution in [0.1, 0.15) is 31.7 Å². The van der Waals surface area contributed by atoms with Gasteiger partial charge in [-0.15, -0.1) is 0 Å². The molecule has 138 valence electrons. The summed E-state index contributed by atoms with van der Waals surface area (Å²) >= 11 is 0. The van der Waals surface area contributed by atoms with E-state index in [1.54, 1.807) is 11.8 Å². The molecule has 0 bridgehead atoms. The number of carbonyl (C=O) groups excluding carboxylic acids is 2. The molecule has 1 saturated heterocycles. The molecule has 0 aliphatic carbocycles. The molecule has 1 heterocycles. The molecule has 6 heteroatoms. The van der Waals surface area contributed by atoms with E-state index in [0.29, 0.717) is 26.3 Å². The van der Waals surface area contributed by atoms with Crippen molar-refractivity contribution in [1.29, 1.82) is 0 Å². The van der Waals surface area contributed by atoms with Crippen molar-refractivity contribution >= 4 is 12.1 Å². The maximum atomic E-state index is 12.3. The minimum absolute atomic E-state index is 0.0389. The van der Waals surface area contributed by atoms with Gasteiger partial charge in [0, 0.05) is 19.0 Å². The molecule has 0 aromatic heterocycles. The molecule has 1 aromatic rings. The Kier molecular flexibility index (Phi) is 8.25. The number of carbonyl (C=O) groups is 2. The number of ether oxygens (including phenoxy) is 3. The molecule has 0 spiro atoms. The highest BCUT2D eigenvalue weighted by Gasteiger charge is 2.23. The molecule has 1 aromatic carbocycles. The van der Waals surface area contributed by atoms with Gasteiger partial charge >= 0.3 is 12.1 Å². The molecule has 6 nitrogen and oxygen atoms in total. The van der Waals surface area contributed by atoms with E-state index in [9.17, 15) is 9.59 Å². The quantitative estimate of drug-likeness (QED) is 0.708. The molecule has 1 atom stereocenters. The maximum Gasteiger partial charge on any atom is 0.410 e. The minimum Gasteiger partial charge on any atom is -0.464 e. The lowest BCUT2D eigenvalue weighted by molar-refractivity contribution is -0.148. The fraction of sp³-hybridized carbons (Fsp3) is 0.579. The van der Waals surface area contributed by atoms with Crippen LogP contribution in [0.4, 0.5) is 4.79 Å². The summed E-state index contributed by atoms with van der Waals surface area (Å²) in [7, 11) is 0. The van der Waals surface area contributed by atoms with Gasteiger partial charge in [-0.1, -0.05) is 36.8 Å². The molecule has 0 saturated carbocycles. The minimum atomic E-state index is -0.352. The largest absolute Gasteiger partial charge is 0.464 e. The van der Waals surface area contributed by atoms with Gasteiger partial charge in [-0.3, -0.25) is 0 Å². The highest BCUT2D eigenvalue weighted by atomic mass is 16.6. The highest BCUT2D eigenvalue weighted by molar-refractivity contribution is 5.70. The van der Waals surface area contributed by atoms with Crippen molar-refractivity contribution in [2.75, 3.05) is 32.9 Å². The second-order valence-corrected chi connectivity index (χ2v) is 6.17. The summed E-state index contributed by atoms with van der Waals surface area (Å²) in [5, 5.41) is 0. The van der Waals surface area contributed by atoms with Crippen LogP contribution in [-0.4, -0.2) is 49.9 Å². The van der Waals surface area contributed by atoms with Crippen molar-refractivity contribution < 1.29 is 23.8 Å². The summed E-state index contributed by atoms with van der Waals surface area (Å²) in [5.41, 5.74) is 0.972. The van der Waals surface area contributed by atoms with Crippen LogP contribution < -0.4 is 0 Å². The topological polar surface area (TPSA) is 65.1 Å². The molecule has 2 rings (SSSR count). The average molecular weight is 349 g/mol. The number of amides is 1. The first-order valence-electron chi connectivity index (χ1n) is 8.88. The predicted molar refractivity (Wildman–Crippen MR) is 93.0 cm³/mol. The van der Waals surface area contributed by atoms with Crippen LogP contribution >= 0.6 is 0 Å². The van der Waals surface area contributed by atoms with Gasteiger partial charge in [-0.2, -0.15) is 0 Å². The van der Waals surface area contributed by atoms with Crippen molar-refractivity contribution in [3.05, 3.63) is 35.9 Å². The van der Waals surface area contributed by atoms with Crippen LogP contribution in [-0.2, 0) is 25.6 Å². The molecular formula is C19H27NO5. The Balaban J connectivity index is 1.75. The zero-order chi connectivity index (χ0) is 17.9. The lowest BCUT2D eigenvalue weighted by Gasteiger charge is -2.23. The van der Waals surface area contributed by atoms with Gasteiger partial charge in [0.15, 0.2) is 0 Å². The normalized spacial score (nSPS) is 17.6. The van der Waals surface area contributed by atoms with Gasteiger partial charge in [-0.25, -0.2) is 9.59 Å². The van der Waals surface area contributed by atoms with E-state index >= 15 is 0 Å². The van der Waals surface area contributed by atoms with Crippen LogP contribution in [0, 0.1) is 5.92 Å². The zero-order valence-electron chi connectivity index (χ0n) is 14.8. The van der Waals surface area contributed by atoms with Crippen LogP contribution in [0.15, 0.2) is 30.3 Å². The highest BCUT2D eigenvalue weighted by Crippen LogP contribution is 2.18. The van der Waals surface area contributed by atoms with Crippen molar-refractivity contribution in [3.8, 4) is 0 Å². The Hall–Kier alpha value is -2.08. The van der Waals surface area contributed by atoms with Crippen LogP contribution in [0.3, 0.4) is 0 Å². The number of nitrogens with zero attached hydrogens (tertiary/aromatic N) is 1. The van der Waals surface area contributed by atoms with E-state index in [4.69, 9.17) is 14.2 Å². The number of rotatable bonds is 7. The second-order valence-electron chi connectivity index (χ2n) is 6.17. The Labute approximate surface area is 149 Å². The summed E-state index contributed by atoms with van der Waals surface area (Å²) in [6.07, 6.45) is 2.68. The molecule has 1 aliphatic rings. The van der Waals surface area contributed by atoms with E-state index in [1.807, 2.05) is 30.3 Å². The number of hydrogen-bond donors (Lipinski definition) is 0. The SMILES string of the molecule is CCOC(=O)COCC1CCCCN(C(=O)OCc2ccccc2)C1. The van der Waals surface area contributed by atoms with E-state index < -0.39 is 0 Å². The van der Waals surface area contributed by atoms with E-state index in [0.717, 1.165) is 24.8 Å². The lowest BCUT2D eigenvalue weighted by atomic mass is 10.0.